The second-order valence-electron chi connectivity index (χ2n) is 4.56. The van der Waals surface area contributed by atoms with Crippen molar-refractivity contribution in [2.45, 2.75) is 37.5 Å². The highest BCUT2D eigenvalue weighted by Gasteiger charge is 2.33. The van der Waals surface area contributed by atoms with Gasteiger partial charge in [-0.05, 0) is 30.5 Å². The highest BCUT2D eigenvalue weighted by molar-refractivity contribution is 5.69. The third-order valence-corrected chi connectivity index (χ3v) is 3.64. The van der Waals surface area contributed by atoms with E-state index in [1.165, 1.54) is 6.42 Å². The number of carbonyl (C=O) groups is 1. The minimum Gasteiger partial charge on any atom is -0.497 e. The zero-order chi connectivity index (χ0) is 11.4. The summed E-state index contributed by atoms with van der Waals surface area (Å²) in [5, 5.41) is 0. The van der Waals surface area contributed by atoms with Gasteiger partial charge in [0.1, 0.15) is 12.0 Å². The number of carbonyl (C=O) groups excluding carboxylic acids is 1. The number of rotatable bonds is 3. The van der Waals surface area contributed by atoms with Crippen LogP contribution in [-0.4, -0.2) is 13.4 Å². The maximum atomic E-state index is 11.4. The van der Waals surface area contributed by atoms with Crippen LogP contribution in [-0.2, 0) is 10.2 Å². The highest BCUT2D eigenvalue weighted by Crippen LogP contribution is 2.38. The Labute approximate surface area is 96.6 Å². The SMILES string of the molecule is COc1ccc(C2(C=O)CCCCC2)cc1. The first-order chi connectivity index (χ1) is 7.80. The summed E-state index contributed by atoms with van der Waals surface area (Å²) in [6, 6.07) is 7.93. The molecule has 1 saturated carbocycles. The fourth-order valence-electron chi connectivity index (χ4n) is 2.58. The summed E-state index contributed by atoms with van der Waals surface area (Å²) in [7, 11) is 1.66. The van der Waals surface area contributed by atoms with Crippen molar-refractivity contribution in [3.63, 3.8) is 0 Å². The van der Waals surface area contributed by atoms with Gasteiger partial charge in [0.05, 0.1) is 12.5 Å². The second-order valence-corrected chi connectivity index (χ2v) is 4.56. The maximum Gasteiger partial charge on any atom is 0.130 e. The molecule has 86 valence electrons. The number of methoxy groups -OCH3 is 1. The molecule has 2 heteroatoms. The molecule has 0 unspecified atom stereocenters. The Bertz CT molecular complexity index is 348. The molecule has 2 nitrogen and oxygen atoms in total. The van der Waals surface area contributed by atoms with Crippen molar-refractivity contribution in [1.29, 1.82) is 0 Å². The van der Waals surface area contributed by atoms with Crippen molar-refractivity contribution in [2.75, 3.05) is 7.11 Å². The summed E-state index contributed by atoms with van der Waals surface area (Å²) in [5.74, 6) is 0.848. The van der Waals surface area contributed by atoms with Gasteiger partial charge in [-0.1, -0.05) is 31.4 Å². The van der Waals surface area contributed by atoms with E-state index < -0.39 is 0 Å². The molecule has 1 aliphatic carbocycles. The predicted molar refractivity (Wildman–Crippen MR) is 63.8 cm³/mol. The van der Waals surface area contributed by atoms with Gasteiger partial charge in [0.25, 0.3) is 0 Å². The van der Waals surface area contributed by atoms with Gasteiger partial charge in [0, 0.05) is 0 Å². The van der Waals surface area contributed by atoms with Crippen LogP contribution >= 0.6 is 0 Å². The summed E-state index contributed by atoms with van der Waals surface area (Å²) in [6.45, 7) is 0. The van der Waals surface area contributed by atoms with Crippen LogP contribution in [0.4, 0.5) is 0 Å². The average Bonchev–Trinajstić information content (AvgIpc) is 2.39. The lowest BCUT2D eigenvalue weighted by atomic mass is 9.70. The Morgan fingerprint density at radius 1 is 1.12 bits per heavy atom. The molecule has 16 heavy (non-hydrogen) atoms. The van der Waals surface area contributed by atoms with Crippen LogP contribution in [0, 0.1) is 0 Å². The third-order valence-electron chi connectivity index (χ3n) is 3.64. The Kier molecular flexibility index (Phi) is 3.28. The van der Waals surface area contributed by atoms with E-state index >= 15 is 0 Å². The molecule has 1 fully saturated rings. The van der Waals surface area contributed by atoms with Crippen molar-refractivity contribution >= 4 is 6.29 Å². The van der Waals surface area contributed by atoms with Gasteiger partial charge in [-0.25, -0.2) is 0 Å². The Morgan fingerprint density at radius 2 is 1.75 bits per heavy atom. The normalized spacial score (nSPS) is 19.1. The Morgan fingerprint density at radius 3 is 2.25 bits per heavy atom. The van der Waals surface area contributed by atoms with Crippen LogP contribution in [0.1, 0.15) is 37.7 Å². The van der Waals surface area contributed by atoms with Gasteiger partial charge in [-0.3, -0.25) is 0 Å². The first kappa shape index (κ1) is 11.2. The van der Waals surface area contributed by atoms with Crippen molar-refractivity contribution in [3.8, 4) is 5.75 Å². The summed E-state index contributed by atoms with van der Waals surface area (Å²) in [5.41, 5.74) is 0.910. The van der Waals surface area contributed by atoms with Crippen molar-refractivity contribution in [3.05, 3.63) is 29.8 Å². The van der Waals surface area contributed by atoms with Crippen molar-refractivity contribution < 1.29 is 9.53 Å². The standard InChI is InChI=1S/C14H18O2/c1-16-13-7-5-12(6-8-13)14(11-15)9-3-2-4-10-14/h5-8,11H,2-4,9-10H2,1H3. The largest absolute Gasteiger partial charge is 0.497 e. The van der Waals surface area contributed by atoms with Gasteiger partial charge < -0.3 is 9.53 Å². The van der Waals surface area contributed by atoms with Crippen LogP contribution in [0.15, 0.2) is 24.3 Å². The van der Waals surface area contributed by atoms with Crippen molar-refractivity contribution in [1.82, 2.24) is 0 Å². The smallest absolute Gasteiger partial charge is 0.130 e. The fourth-order valence-corrected chi connectivity index (χ4v) is 2.58. The average molecular weight is 218 g/mol. The molecule has 1 aromatic carbocycles. The van der Waals surface area contributed by atoms with Crippen LogP contribution in [0.5, 0.6) is 5.75 Å². The molecule has 0 bridgehead atoms. The van der Waals surface area contributed by atoms with E-state index in [4.69, 9.17) is 4.74 Å². The molecule has 0 saturated heterocycles. The van der Waals surface area contributed by atoms with Crippen LogP contribution in [0.3, 0.4) is 0 Å². The summed E-state index contributed by atoms with van der Waals surface area (Å²) in [4.78, 5) is 11.4. The van der Waals surface area contributed by atoms with E-state index in [0.717, 1.165) is 43.3 Å². The molecule has 0 N–H and O–H groups in total. The number of aldehydes is 1. The number of ether oxygens (including phenoxy) is 1. The van der Waals surface area contributed by atoms with Gasteiger partial charge in [0.15, 0.2) is 0 Å². The molecule has 2 rings (SSSR count). The summed E-state index contributed by atoms with van der Waals surface area (Å²) >= 11 is 0. The molecule has 0 radical (unpaired) electrons. The van der Waals surface area contributed by atoms with Crippen molar-refractivity contribution in [2.24, 2.45) is 0 Å². The summed E-state index contributed by atoms with van der Waals surface area (Å²) < 4.78 is 5.13. The molecular weight excluding hydrogens is 200 g/mol. The minimum absolute atomic E-state index is 0.232. The van der Waals surface area contributed by atoms with E-state index in [-0.39, 0.29) is 5.41 Å². The van der Waals surface area contributed by atoms with E-state index in [9.17, 15) is 4.79 Å². The van der Waals surface area contributed by atoms with Gasteiger partial charge in [-0.2, -0.15) is 0 Å². The molecule has 0 atom stereocenters. The Balaban J connectivity index is 2.28. The fraction of sp³-hybridized carbons (Fsp3) is 0.500. The number of benzene rings is 1. The lowest BCUT2D eigenvalue weighted by Gasteiger charge is -2.32. The molecule has 1 aromatic rings. The van der Waals surface area contributed by atoms with E-state index in [1.54, 1.807) is 7.11 Å². The second kappa shape index (κ2) is 4.69. The molecule has 0 amide bonds. The predicted octanol–water partition coefficient (Wildman–Crippen LogP) is 3.10. The molecular formula is C14H18O2. The molecule has 0 aliphatic heterocycles. The van der Waals surface area contributed by atoms with Crippen LogP contribution < -0.4 is 4.74 Å². The highest BCUT2D eigenvalue weighted by atomic mass is 16.5. The monoisotopic (exact) mass is 218 g/mol. The van der Waals surface area contributed by atoms with Gasteiger partial charge in [0.2, 0.25) is 0 Å². The van der Waals surface area contributed by atoms with E-state index in [2.05, 4.69) is 0 Å². The van der Waals surface area contributed by atoms with Crippen LogP contribution in [0.25, 0.3) is 0 Å². The topological polar surface area (TPSA) is 26.3 Å². The first-order valence-electron chi connectivity index (χ1n) is 5.92. The lowest BCUT2D eigenvalue weighted by Crippen LogP contribution is -2.30. The third kappa shape index (κ3) is 1.97. The maximum absolute atomic E-state index is 11.4. The number of hydrogen-bond donors (Lipinski definition) is 0. The van der Waals surface area contributed by atoms with E-state index in [1.807, 2.05) is 24.3 Å². The zero-order valence-corrected chi connectivity index (χ0v) is 9.74. The van der Waals surface area contributed by atoms with E-state index in [0.29, 0.717) is 0 Å². The molecule has 1 aliphatic rings. The Hall–Kier alpha value is -1.31. The quantitative estimate of drug-likeness (QED) is 0.729. The summed E-state index contributed by atoms with van der Waals surface area (Å²) in [6.07, 6.45) is 6.70. The molecule has 0 aromatic heterocycles. The van der Waals surface area contributed by atoms with Gasteiger partial charge >= 0.3 is 0 Å². The zero-order valence-electron chi connectivity index (χ0n) is 9.74. The lowest BCUT2D eigenvalue weighted by molar-refractivity contribution is -0.113. The van der Waals surface area contributed by atoms with Crippen LogP contribution in [0.2, 0.25) is 0 Å². The first-order valence-corrected chi connectivity index (χ1v) is 5.92. The van der Waals surface area contributed by atoms with Gasteiger partial charge in [-0.15, -0.1) is 0 Å². The molecule has 0 spiro atoms. The minimum atomic E-state index is -0.232. The molecule has 0 heterocycles. The number of hydrogen-bond acceptors (Lipinski definition) is 2.